The Hall–Kier alpha value is -2.59. The fourth-order valence-corrected chi connectivity index (χ4v) is 1.41. The number of nitrogens with zero attached hydrogens (tertiary/aromatic N) is 2. The lowest BCUT2D eigenvalue weighted by molar-refractivity contribution is -0.142. The summed E-state index contributed by atoms with van der Waals surface area (Å²) in [6.45, 7) is -0.0750. The molecule has 20 heavy (non-hydrogen) atoms. The van der Waals surface area contributed by atoms with E-state index in [0.717, 1.165) is 0 Å². The summed E-state index contributed by atoms with van der Waals surface area (Å²) in [6.07, 6.45) is 0. The molecule has 0 aliphatic carbocycles. The van der Waals surface area contributed by atoms with Crippen LogP contribution in [0.15, 0.2) is 24.3 Å². The molecule has 0 aliphatic rings. The fraction of sp³-hybridized carbons (Fsp3) is 0.308. The summed E-state index contributed by atoms with van der Waals surface area (Å²) in [6, 6.07) is 8.28. The highest BCUT2D eigenvalue weighted by Crippen LogP contribution is 2.14. The number of anilines is 1. The van der Waals surface area contributed by atoms with Gasteiger partial charge in [-0.15, -0.1) is 0 Å². The van der Waals surface area contributed by atoms with E-state index in [1.54, 1.807) is 31.3 Å². The van der Waals surface area contributed by atoms with Gasteiger partial charge in [-0.25, -0.2) is 9.59 Å². The molecule has 7 heteroatoms. The van der Waals surface area contributed by atoms with Gasteiger partial charge in [0.25, 0.3) is 0 Å². The number of rotatable bonds is 6. The van der Waals surface area contributed by atoms with Gasteiger partial charge in [-0.1, -0.05) is 6.07 Å². The quantitative estimate of drug-likeness (QED) is 0.749. The average Bonchev–Trinajstić information content (AvgIpc) is 2.45. The molecule has 0 bridgehead atoms. The van der Waals surface area contributed by atoms with E-state index >= 15 is 0 Å². The van der Waals surface area contributed by atoms with E-state index in [2.05, 4.69) is 5.32 Å². The number of nitriles is 1. The molecule has 0 saturated heterocycles. The third-order valence-electron chi connectivity index (χ3n) is 2.42. The molecule has 0 radical (unpaired) electrons. The molecule has 1 aromatic rings. The molecule has 0 aliphatic heterocycles. The average molecular weight is 277 g/mol. The molecule has 2 N–H and O–H groups in total. The molecule has 7 nitrogen and oxygen atoms in total. The summed E-state index contributed by atoms with van der Waals surface area (Å²) in [7, 11) is 1.57. The Morgan fingerprint density at radius 2 is 2.25 bits per heavy atom. The van der Waals surface area contributed by atoms with Crippen molar-refractivity contribution in [2.45, 2.75) is 0 Å². The SMILES string of the molecule is CN(C(=O)NCCOCC(=O)O)c1cccc(C#N)c1. The van der Waals surface area contributed by atoms with Crippen molar-refractivity contribution in [3.8, 4) is 6.07 Å². The van der Waals surface area contributed by atoms with Crippen LogP contribution in [0.1, 0.15) is 5.56 Å². The molecule has 0 aromatic heterocycles. The van der Waals surface area contributed by atoms with Crippen molar-refractivity contribution in [3.05, 3.63) is 29.8 Å². The van der Waals surface area contributed by atoms with Crippen LogP contribution in [0.25, 0.3) is 0 Å². The first-order valence-electron chi connectivity index (χ1n) is 5.86. The minimum absolute atomic E-state index is 0.115. The number of ether oxygens (including phenoxy) is 1. The number of nitrogens with one attached hydrogen (secondary N) is 1. The Labute approximate surface area is 116 Å². The zero-order chi connectivity index (χ0) is 15.0. The lowest BCUT2D eigenvalue weighted by Crippen LogP contribution is -2.39. The first-order chi connectivity index (χ1) is 9.54. The van der Waals surface area contributed by atoms with Gasteiger partial charge < -0.3 is 15.2 Å². The van der Waals surface area contributed by atoms with Gasteiger partial charge in [0.15, 0.2) is 0 Å². The Bertz CT molecular complexity index is 525. The first-order valence-corrected chi connectivity index (χ1v) is 5.86. The molecule has 1 rings (SSSR count). The highest BCUT2D eigenvalue weighted by molar-refractivity contribution is 5.91. The third kappa shape index (κ3) is 4.96. The van der Waals surface area contributed by atoms with Crippen molar-refractivity contribution in [3.63, 3.8) is 0 Å². The normalized spacial score (nSPS) is 9.60. The number of amides is 2. The van der Waals surface area contributed by atoms with Crippen molar-refractivity contribution < 1.29 is 19.4 Å². The molecule has 2 amide bonds. The number of hydrogen-bond acceptors (Lipinski definition) is 4. The third-order valence-corrected chi connectivity index (χ3v) is 2.42. The highest BCUT2D eigenvalue weighted by atomic mass is 16.5. The predicted octanol–water partition coefficient (Wildman–Crippen LogP) is 0.805. The molecule has 0 atom stereocenters. The van der Waals surface area contributed by atoms with E-state index in [4.69, 9.17) is 15.1 Å². The maximum atomic E-state index is 11.8. The monoisotopic (exact) mass is 277 g/mol. The summed E-state index contributed by atoms with van der Waals surface area (Å²) in [4.78, 5) is 23.4. The van der Waals surface area contributed by atoms with Crippen LogP contribution < -0.4 is 10.2 Å². The Morgan fingerprint density at radius 1 is 1.50 bits per heavy atom. The molecule has 0 saturated carbocycles. The standard InChI is InChI=1S/C13H15N3O4/c1-16(11-4-2-3-10(7-11)8-14)13(19)15-5-6-20-9-12(17)18/h2-4,7H,5-6,9H2,1H3,(H,15,19)(H,17,18). The molecular formula is C13H15N3O4. The van der Waals surface area contributed by atoms with Crippen LogP contribution in [0.2, 0.25) is 0 Å². The number of carbonyl (C=O) groups excluding carboxylic acids is 1. The van der Waals surface area contributed by atoms with Crippen LogP contribution >= 0.6 is 0 Å². The number of carbonyl (C=O) groups is 2. The van der Waals surface area contributed by atoms with E-state index in [9.17, 15) is 9.59 Å². The first kappa shape index (κ1) is 15.5. The molecule has 0 heterocycles. The van der Waals surface area contributed by atoms with Crippen molar-refractivity contribution >= 4 is 17.7 Å². The van der Waals surface area contributed by atoms with Crippen molar-refractivity contribution in [2.24, 2.45) is 0 Å². The maximum absolute atomic E-state index is 11.8. The van der Waals surface area contributed by atoms with Crippen molar-refractivity contribution in [1.82, 2.24) is 5.32 Å². The summed E-state index contributed by atoms with van der Waals surface area (Å²) in [5.74, 6) is -1.05. The zero-order valence-electron chi connectivity index (χ0n) is 11.0. The summed E-state index contributed by atoms with van der Waals surface area (Å²) in [5.41, 5.74) is 1.06. The number of carboxylic acid groups (broad SMARTS) is 1. The van der Waals surface area contributed by atoms with Crippen LogP contribution in [-0.2, 0) is 9.53 Å². The van der Waals surface area contributed by atoms with Gasteiger partial charge in [0.1, 0.15) is 6.61 Å². The number of hydrogen-bond donors (Lipinski definition) is 2. The highest BCUT2D eigenvalue weighted by Gasteiger charge is 2.10. The van der Waals surface area contributed by atoms with Gasteiger partial charge in [-0.3, -0.25) is 4.90 Å². The van der Waals surface area contributed by atoms with E-state index in [0.29, 0.717) is 11.3 Å². The number of benzene rings is 1. The second-order valence-electron chi connectivity index (χ2n) is 3.90. The van der Waals surface area contributed by atoms with Crippen molar-refractivity contribution in [2.75, 3.05) is 31.7 Å². The fourth-order valence-electron chi connectivity index (χ4n) is 1.41. The van der Waals surface area contributed by atoms with E-state index in [-0.39, 0.29) is 19.2 Å². The minimum atomic E-state index is -1.05. The molecule has 0 unspecified atom stereocenters. The van der Waals surface area contributed by atoms with Gasteiger partial charge in [-0.2, -0.15) is 5.26 Å². The van der Waals surface area contributed by atoms with E-state index in [1.807, 2.05) is 6.07 Å². The Balaban J connectivity index is 2.42. The predicted molar refractivity (Wildman–Crippen MR) is 71.4 cm³/mol. The Morgan fingerprint density at radius 3 is 2.90 bits per heavy atom. The zero-order valence-corrected chi connectivity index (χ0v) is 11.0. The van der Waals surface area contributed by atoms with Gasteiger partial charge in [-0.05, 0) is 18.2 Å². The van der Waals surface area contributed by atoms with Gasteiger partial charge in [0.05, 0.1) is 18.2 Å². The summed E-state index contributed by atoms with van der Waals surface area (Å²) < 4.78 is 4.79. The number of carboxylic acids is 1. The molecular weight excluding hydrogens is 262 g/mol. The van der Waals surface area contributed by atoms with Crippen LogP contribution in [0.5, 0.6) is 0 Å². The van der Waals surface area contributed by atoms with Gasteiger partial charge in [0.2, 0.25) is 0 Å². The largest absolute Gasteiger partial charge is 0.480 e. The van der Waals surface area contributed by atoms with Gasteiger partial charge in [0, 0.05) is 19.3 Å². The van der Waals surface area contributed by atoms with Crippen LogP contribution in [-0.4, -0.2) is 43.9 Å². The molecule has 106 valence electrons. The van der Waals surface area contributed by atoms with Crippen molar-refractivity contribution in [1.29, 1.82) is 5.26 Å². The topological polar surface area (TPSA) is 103 Å². The Kier molecular flexibility index (Phi) is 6.00. The second-order valence-corrected chi connectivity index (χ2v) is 3.90. The smallest absolute Gasteiger partial charge is 0.329 e. The minimum Gasteiger partial charge on any atom is -0.480 e. The number of aliphatic carboxylic acids is 1. The van der Waals surface area contributed by atoms with E-state index in [1.165, 1.54) is 4.90 Å². The molecule has 1 aromatic carbocycles. The van der Waals surface area contributed by atoms with Crippen LogP contribution in [0.3, 0.4) is 0 Å². The van der Waals surface area contributed by atoms with Crippen LogP contribution in [0, 0.1) is 11.3 Å². The second kappa shape index (κ2) is 7.76. The lowest BCUT2D eigenvalue weighted by Gasteiger charge is -2.18. The summed E-state index contributed by atoms with van der Waals surface area (Å²) in [5, 5.41) is 19.7. The van der Waals surface area contributed by atoms with E-state index < -0.39 is 12.6 Å². The molecule has 0 spiro atoms. The van der Waals surface area contributed by atoms with Crippen LogP contribution in [0.4, 0.5) is 10.5 Å². The molecule has 0 fully saturated rings. The maximum Gasteiger partial charge on any atom is 0.329 e. The van der Waals surface area contributed by atoms with Gasteiger partial charge >= 0.3 is 12.0 Å². The summed E-state index contributed by atoms with van der Waals surface area (Å²) >= 11 is 0. The lowest BCUT2D eigenvalue weighted by atomic mass is 10.2. The number of urea groups is 1.